The van der Waals surface area contributed by atoms with Crippen LogP contribution in [0.15, 0.2) is 24.3 Å². The first-order valence-corrected chi connectivity index (χ1v) is 5.06. The van der Waals surface area contributed by atoms with E-state index in [-0.39, 0.29) is 6.42 Å². The highest BCUT2D eigenvalue weighted by atomic mass is 35.5. The maximum Gasteiger partial charge on any atom is 0.390 e. The topological polar surface area (TPSA) is 38.0 Å². The van der Waals surface area contributed by atoms with Crippen LogP contribution >= 0.6 is 11.6 Å². The number of rotatable bonds is 4. The Labute approximate surface area is 96.6 Å². The van der Waals surface area contributed by atoms with E-state index in [0.29, 0.717) is 10.6 Å². The van der Waals surface area contributed by atoms with Gasteiger partial charge in [-0.05, 0) is 18.1 Å². The molecule has 0 radical (unpaired) electrons. The largest absolute Gasteiger partial charge is 0.390 e. The van der Waals surface area contributed by atoms with Gasteiger partial charge >= 0.3 is 6.18 Å². The molecule has 0 fully saturated rings. The Morgan fingerprint density at radius 1 is 1.31 bits per heavy atom. The third kappa shape index (κ3) is 4.38. The van der Waals surface area contributed by atoms with Gasteiger partial charge in [0.05, 0.1) is 6.42 Å². The quantitative estimate of drug-likeness (QED) is 0.639. The molecule has 0 spiro atoms. The van der Waals surface area contributed by atoms with Gasteiger partial charge in [0, 0.05) is 11.1 Å². The van der Waals surface area contributed by atoms with Gasteiger partial charge in [0.2, 0.25) is 0 Å². The minimum atomic E-state index is -4.24. The first-order chi connectivity index (χ1) is 7.42. The molecular formula is C10H12ClF3N2. The van der Waals surface area contributed by atoms with Crippen molar-refractivity contribution >= 4 is 11.6 Å². The molecule has 6 heteroatoms. The first-order valence-electron chi connectivity index (χ1n) is 4.68. The summed E-state index contributed by atoms with van der Waals surface area (Å²) in [6.45, 7) is 0. The highest BCUT2D eigenvalue weighted by Gasteiger charge is 2.31. The maximum absolute atomic E-state index is 12.2. The summed E-state index contributed by atoms with van der Waals surface area (Å²) in [5.74, 6) is 5.08. The molecule has 0 aliphatic heterocycles. The van der Waals surface area contributed by atoms with Crippen molar-refractivity contribution in [3.63, 3.8) is 0 Å². The fourth-order valence-electron chi connectivity index (χ4n) is 1.40. The minimum Gasteiger partial charge on any atom is -0.271 e. The summed E-state index contributed by atoms with van der Waals surface area (Å²) >= 11 is 5.85. The third-order valence-corrected chi connectivity index (χ3v) is 2.51. The molecule has 0 aliphatic carbocycles. The molecule has 1 rings (SSSR count). The summed E-state index contributed by atoms with van der Waals surface area (Å²) in [4.78, 5) is 0. The number of hydrogen-bond donors (Lipinski definition) is 2. The molecule has 3 N–H and O–H groups in total. The van der Waals surface area contributed by atoms with Gasteiger partial charge < -0.3 is 0 Å². The second kappa shape index (κ2) is 5.52. The molecule has 0 amide bonds. The molecule has 0 aromatic heterocycles. The van der Waals surface area contributed by atoms with Crippen molar-refractivity contribution in [2.45, 2.75) is 25.1 Å². The van der Waals surface area contributed by atoms with Crippen molar-refractivity contribution in [2.75, 3.05) is 0 Å². The summed E-state index contributed by atoms with van der Waals surface area (Å²) in [6, 6.07) is 5.91. The molecule has 2 nitrogen and oxygen atoms in total. The van der Waals surface area contributed by atoms with Crippen molar-refractivity contribution in [1.29, 1.82) is 0 Å². The Morgan fingerprint density at radius 3 is 2.44 bits per heavy atom. The van der Waals surface area contributed by atoms with Gasteiger partial charge in [-0.2, -0.15) is 13.2 Å². The summed E-state index contributed by atoms with van der Waals surface area (Å²) in [7, 11) is 0. The summed E-state index contributed by atoms with van der Waals surface area (Å²) in [6.07, 6.45) is -5.07. The Morgan fingerprint density at radius 2 is 1.94 bits per heavy atom. The van der Waals surface area contributed by atoms with Gasteiger partial charge in [-0.1, -0.05) is 29.8 Å². The van der Waals surface area contributed by atoms with E-state index in [1.807, 2.05) is 0 Å². The molecule has 0 saturated heterocycles. The van der Waals surface area contributed by atoms with Gasteiger partial charge in [0.25, 0.3) is 0 Å². The number of hydrogen-bond acceptors (Lipinski definition) is 2. The van der Waals surface area contributed by atoms with Crippen LogP contribution in [-0.4, -0.2) is 12.2 Å². The second-order valence-electron chi connectivity index (χ2n) is 3.48. The van der Waals surface area contributed by atoms with E-state index in [9.17, 15) is 13.2 Å². The molecule has 1 aromatic carbocycles. The predicted octanol–water partition coefficient (Wildman–Crippen LogP) is 2.67. The minimum absolute atomic E-state index is 0.148. The number of nitrogens with one attached hydrogen (secondary N) is 1. The van der Waals surface area contributed by atoms with Crippen LogP contribution in [0.4, 0.5) is 13.2 Å². The van der Waals surface area contributed by atoms with Gasteiger partial charge in [0.1, 0.15) is 0 Å². The summed E-state index contributed by atoms with van der Waals surface area (Å²) in [5, 5.41) is 0.449. The van der Waals surface area contributed by atoms with E-state index in [2.05, 4.69) is 5.43 Å². The Kier molecular flexibility index (Phi) is 4.58. The molecule has 0 aliphatic rings. The Bertz CT molecular complexity index is 341. The predicted molar refractivity (Wildman–Crippen MR) is 56.9 cm³/mol. The zero-order chi connectivity index (χ0) is 12.2. The molecule has 0 saturated carbocycles. The number of nitrogens with two attached hydrogens (primary N) is 1. The number of alkyl halides is 3. The van der Waals surface area contributed by atoms with E-state index < -0.39 is 18.6 Å². The second-order valence-corrected chi connectivity index (χ2v) is 3.89. The van der Waals surface area contributed by atoms with Crippen LogP contribution in [0, 0.1) is 0 Å². The van der Waals surface area contributed by atoms with Crippen molar-refractivity contribution in [1.82, 2.24) is 5.43 Å². The lowest BCUT2D eigenvalue weighted by Crippen LogP contribution is -2.40. The van der Waals surface area contributed by atoms with Crippen LogP contribution < -0.4 is 11.3 Å². The molecule has 16 heavy (non-hydrogen) atoms. The van der Waals surface area contributed by atoms with E-state index in [0.717, 1.165) is 0 Å². The zero-order valence-electron chi connectivity index (χ0n) is 8.39. The van der Waals surface area contributed by atoms with Crippen LogP contribution in [0.2, 0.25) is 5.02 Å². The lowest BCUT2D eigenvalue weighted by atomic mass is 10.0. The molecule has 1 atom stereocenters. The third-order valence-electron chi connectivity index (χ3n) is 2.14. The summed E-state index contributed by atoms with van der Waals surface area (Å²) in [5.41, 5.74) is 2.81. The normalized spacial score (nSPS) is 13.8. The summed E-state index contributed by atoms with van der Waals surface area (Å²) < 4.78 is 36.5. The van der Waals surface area contributed by atoms with Crippen molar-refractivity contribution in [2.24, 2.45) is 5.84 Å². The Balaban J connectivity index is 2.67. The first kappa shape index (κ1) is 13.3. The lowest BCUT2D eigenvalue weighted by molar-refractivity contribution is -0.140. The van der Waals surface area contributed by atoms with Gasteiger partial charge in [-0.3, -0.25) is 11.3 Å². The van der Waals surface area contributed by atoms with E-state index in [1.165, 1.54) is 0 Å². The standard InChI is InChI=1S/C10H12ClF3N2/c11-9-4-2-1-3-7(9)5-8(16-15)6-10(12,13)14/h1-4,8,16H,5-6,15H2. The van der Waals surface area contributed by atoms with Crippen molar-refractivity contribution in [3.05, 3.63) is 34.9 Å². The Hall–Kier alpha value is -0.780. The van der Waals surface area contributed by atoms with Crippen LogP contribution in [0.25, 0.3) is 0 Å². The van der Waals surface area contributed by atoms with Crippen LogP contribution in [0.1, 0.15) is 12.0 Å². The van der Waals surface area contributed by atoms with Crippen molar-refractivity contribution in [3.8, 4) is 0 Å². The van der Waals surface area contributed by atoms with Crippen LogP contribution in [-0.2, 0) is 6.42 Å². The lowest BCUT2D eigenvalue weighted by Gasteiger charge is -2.18. The molecule has 0 heterocycles. The van der Waals surface area contributed by atoms with Crippen LogP contribution in [0.5, 0.6) is 0 Å². The average molecular weight is 253 g/mol. The smallest absolute Gasteiger partial charge is 0.271 e. The molecule has 1 aromatic rings. The molecule has 0 bridgehead atoms. The highest BCUT2D eigenvalue weighted by Crippen LogP contribution is 2.24. The fraction of sp³-hybridized carbons (Fsp3) is 0.400. The average Bonchev–Trinajstić information content (AvgIpc) is 2.18. The van der Waals surface area contributed by atoms with E-state index >= 15 is 0 Å². The highest BCUT2D eigenvalue weighted by molar-refractivity contribution is 6.31. The van der Waals surface area contributed by atoms with Gasteiger partial charge in [-0.15, -0.1) is 0 Å². The number of hydrazine groups is 1. The molecule has 1 unspecified atom stereocenters. The monoisotopic (exact) mass is 252 g/mol. The van der Waals surface area contributed by atoms with Gasteiger partial charge in [0.15, 0.2) is 0 Å². The molecular weight excluding hydrogens is 241 g/mol. The van der Waals surface area contributed by atoms with Crippen LogP contribution in [0.3, 0.4) is 0 Å². The van der Waals surface area contributed by atoms with Gasteiger partial charge in [-0.25, -0.2) is 0 Å². The maximum atomic E-state index is 12.2. The van der Waals surface area contributed by atoms with Crippen molar-refractivity contribution < 1.29 is 13.2 Å². The number of halogens is 4. The van der Waals surface area contributed by atoms with E-state index in [1.54, 1.807) is 24.3 Å². The zero-order valence-corrected chi connectivity index (χ0v) is 9.15. The van der Waals surface area contributed by atoms with E-state index in [4.69, 9.17) is 17.4 Å². The number of benzene rings is 1. The molecule has 90 valence electrons. The SMILES string of the molecule is NNC(Cc1ccccc1Cl)CC(F)(F)F. The fourth-order valence-corrected chi connectivity index (χ4v) is 1.61.